The second-order valence-corrected chi connectivity index (χ2v) is 5.89. The van der Waals surface area contributed by atoms with Crippen molar-refractivity contribution in [3.63, 3.8) is 0 Å². The summed E-state index contributed by atoms with van der Waals surface area (Å²) in [5.41, 5.74) is 1.49. The van der Waals surface area contributed by atoms with E-state index in [0.717, 1.165) is 0 Å². The van der Waals surface area contributed by atoms with E-state index in [4.69, 9.17) is 0 Å². The van der Waals surface area contributed by atoms with Crippen molar-refractivity contribution in [2.24, 2.45) is 0 Å². The highest BCUT2D eigenvalue weighted by atomic mass is 32.2. The van der Waals surface area contributed by atoms with Gasteiger partial charge in [0.1, 0.15) is 0 Å². The van der Waals surface area contributed by atoms with Gasteiger partial charge in [-0.1, -0.05) is 11.6 Å². The largest absolute Gasteiger partial charge is 0.250 e. The van der Waals surface area contributed by atoms with Gasteiger partial charge >= 0.3 is 0 Å². The Labute approximate surface area is 67.1 Å². The van der Waals surface area contributed by atoms with Crippen molar-refractivity contribution < 1.29 is 0 Å². The molecule has 0 aromatic heterocycles. The predicted octanol–water partition coefficient (Wildman–Crippen LogP) is 2.75. The van der Waals surface area contributed by atoms with Crippen LogP contribution in [0.5, 0.6) is 0 Å². The van der Waals surface area contributed by atoms with E-state index in [1.54, 1.807) is 11.5 Å². The van der Waals surface area contributed by atoms with Crippen molar-refractivity contribution in [3.05, 3.63) is 11.6 Å². The second-order valence-electron chi connectivity index (χ2n) is 3.29. The van der Waals surface area contributed by atoms with Gasteiger partial charge in [0.05, 0.1) is 0 Å². The first-order valence-electron chi connectivity index (χ1n) is 4.15. The first-order valence-corrected chi connectivity index (χ1v) is 6.04. The Hall–Kier alpha value is 0.0900. The van der Waals surface area contributed by atoms with Crippen LogP contribution >= 0.6 is 10.9 Å². The first kappa shape index (κ1) is 8.19. The van der Waals surface area contributed by atoms with Gasteiger partial charge in [0.25, 0.3) is 0 Å². The van der Waals surface area contributed by atoms with Crippen LogP contribution in [0.15, 0.2) is 11.6 Å². The molecule has 0 nitrogen and oxygen atoms in total. The molecule has 1 rings (SSSR count). The molecule has 0 N–H and O–H groups in total. The molecule has 0 radical (unpaired) electrons. The van der Waals surface area contributed by atoms with E-state index in [9.17, 15) is 0 Å². The van der Waals surface area contributed by atoms with Crippen molar-refractivity contribution >= 4 is 10.9 Å². The van der Waals surface area contributed by atoms with Crippen LogP contribution in [0.25, 0.3) is 0 Å². The zero-order valence-electron chi connectivity index (χ0n) is 7.06. The van der Waals surface area contributed by atoms with Gasteiger partial charge < -0.3 is 0 Å². The Morgan fingerprint density at radius 3 is 2.40 bits per heavy atom. The standard InChI is InChI=1S/C9H18S/c1-9(2)5-8-10-6-3-4-7-10/h5,10H,3-4,6-8H2,1-2H3. The normalized spacial score (nSPS) is 21.2. The van der Waals surface area contributed by atoms with Gasteiger partial charge in [0, 0.05) is 0 Å². The van der Waals surface area contributed by atoms with E-state index in [0.29, 0.717) is 10.9 Å². The van der Waals surface area contributed by atoms with Gasteiger partial charge in [-0.25, -0.2) is 10.9 Å². The van der Waals surface area contributed by atoms with Crippen molar-refractivity contribution in [3.8, 4) is 0 Å². The Bertz CT molecular complexity index is 117. The molecule has 0 atom stereocenters. The molecule has 60 valence electrons. The number of allylic oxidation sites excluding steroid dienone is 1. The minimum atomic E-state index is 0.446. The predicted molar refractivity (Wildman–Crippen MR) is 52.3 cm³/mol. The van der Waals surface area contributed by atoms with E-state index < -0.39 is 0 Å². The molecule has 1 fully saturated rings. The molecular formula is C9H18S. The molecule has 1 heterocycles. The molecule has 1 aliphatic heterocycles. The number of rotatable bonds is 2. The highest BCUT2D eigenvalue weighted by Crippen LogP contribution is 2.34. The lowest BCUT2D eigenvalue weighted by Crippen LogP contribution is -1.86. The molecule has 1 heteroatoms. The summed E-state index contributed by atoms with van der Waals surface area (Å²) in [7, 11) is 0.446. The first-order chi connectivity index (χ1) is 4.79. The number of thiol groups is 1. The smallest absolute Gasteiger partial charge is 0.00688 e. The van der Waals surface area contributed by atoms with Crippen LogP contribution in [0, 0.1) is 0 Å². The summed E-state index contributed by atoms with van der Waals surface area (Å²) in [5.74, 6) is 4.48. The third-order valence-corrected chi connectivity index (χ3v) is 4.55. The van der Waals surface area contributed by atoms with E-state index >= 15 is 0 Å². The quantitative estimate of drug-likeness (QED) is 0.463. The minimum Gasteiger partial charge on any atom is -0.250 e. The molecule has 0 unspecified atom stereocenters. The summed E-state index contributed by atoms with van der Waals surface area (Å²) >= 11 is 0. The Morgan fingerprint density at radius 1 is 1.30 bits per heavy atom. The highest BCUT2D eigenvalue weighted by molar-refractivity contribution is 8.17. The van der Waals surface area contributed by atoms with Crippen LogP contribution in [0.4, 0.5) is 0 Å². The molecule has 0 aromatic rings. The topological polar surface area (TPSA) is 0 Å². The van der Waals surface area contributed by atoms with Crippen LogP contribution in [0.1, 0.15) is 26.7 Å². The Balaban J connectivity index is 2.18. The van der Waals surface area contributed by atoms with Crippen molar-refractivity contribution in [2.75, 3.05) is 17.3 Å². The fraction of sp³-hybridized carbons (Fsp3) is 0.778. The Kier molecular flexibility index (Phi) is 3.33. The van der Waals surface area contributed by atoms with Gasteiger partial charge in [0.15, 0.2) is 0 Å². The lowest BCUT2D eigenvalue weighted by Gasteiger charge is -2.09. The van der Waals surface area contributed by atoms with E-state index in [1.807, 2.05) is 0 Å². The summed E-state index contributed by atoms with van der Waals surface area (Å²) in [6.45, 7) is 4.40. The maximum Gasteiger partial charge on any atom is -0.00688 e. The van der Waals surface area contributed by atoms with Gasteiger partial charge in [-0.2, -0.15) is 0 Å². The minimum absolute atomic E-state index is 0.446. The molecule has 0 spiro atoms. The maximum atomic E-state index is 2.41. The molecular weight excluding hydrogens is 140 g/mol. The fourth-order valence-electron chi connectivity index (χ4n) is 1.28. The van der Waals surface area contributed by atoms with Crippen molar-refractivity contribution in [1.82, 2.24) is 0 Å². The van der Waals surface area contributed by atoms with E-state index in [1.165, 1.54) is 24.2 Å². The molecule has 0 bridgehead atoms. The molecule has 0 aromatic carbocycles. The third-order valence-electron chi connectivity index (χ3n) is 1.96. The highest BCUT2D eigenvalue weighted by Gasteiger charge is 2.08. The summed E-state index contributed by atoms with van der Waals surface area (Å²) in [6.07, 6.45) is 5.42. The van der Waals surface area contributed by atoms with Crippen molar-refractivity contribution in [1.29, 1.82) is 0 Å². The second kappa shape index (κ2) is 4.07. The van der Waals surface area contributed by atoms with Crippen LogP contribution < -0.4 is 0 Å². The third kappa shape index (κ3) is 2.78. The molecule has 0 aliphatic carbocycles. The maximum absolute atomic E-state index is 2.41. The average Bonchev–Trinajstić information content (AvgIpc) is 2.34. The van der Waals surface area contributed by atoms with E-state index in [-0.39, 0.29) is 0 Å². The molecule has 10 heavy (non-hydrogen) atoms. The molecule has 1 saturated heterocycles. The van der Waals surface area contributed by atoms with Gasteiger partial charge in [-0.3, -0.25) is 0 Å². The van der Waals surface area contributed by atoms with Crippen LogP contribution in [-0.2, 0) is 0 Å². The summed E-state index contributed by atoms with van der Waals surface area (Å²) < 4.78 is 0. The van der Waals surface area contributed by atoms with Crippen LogP contribution in [0.2, 0.25) is 0 Å². The molecule has 0 amide bonds. The lowest BCUT2D eigenvalue weighted by molar-refractivity contribution is 0.949. The lowest BCUT2D eigenvalue weighted by atomic mass is 10.3. The monoisotopic (exact) mass is 158 g/mol. The van der Waals surface area contributed by atoms with Crippen LogP contribution in [-0.4, -0.2) is 17.3 Å². The van der Waals surface area contributed by atoms with Crippen LogP contribution in [0.3, 0.4) is 0 Å². The van der Waals surface area contributed by atoms with Gasteiger partial charge in [-0.05, 0) is 43.9 Å². The number of hydrogen-bond donors (Lipinski definition) is 1. The fourth-order valence-corrected chi connectivity index (χ4v) is 3.83. The Morgan fingerprint density at radius 2 is 1.90 bits per heavy atom. The van der Waals surface area contributed by atoms with Gasteiger partial charge in [-0.15, -0.1) is 0 Å². The zero-order valence-corrected chi connectivity index (χ0v) is 7.95. The summed E-state index contributed by atoms with van der Waals surface area (Å²) in [5, 5.41) is 0. The van der Waals surface area contributed by atoms with Crippen molar-refractivity contribution in [2.45, 2.75) is 26.7 Å². The summed E-state index contributed by atoms with van der Waals surface area (Å²) in [4.78, 5) is 0. The molecule has 0 saturated carbocycles. The number of hydrogen-bond acceptors (Lipinski definition) is 0. The average molecular weight is 158 g/mol. The van der Waals surface area contributed by atoms with Gasteiger partial charge in [0.2, 0.25) is 0 Å². The molecule has 1 aliphatic rings. The van der Waals surface area contributed by atoms with E-state index in [2.05, 4.69) is 19.9 Å². The SMILES string of the molecule is CC(C)=CC[SH]1CCCC1. The summed E-state index contributed by atoms with van der Waals surface area (Å²) in [6, 6.07) is 0. The zero-order chi connectivity index (χ0) is 7.40.